The average Bonchev–Trinajstić information content (AvgIpc) is 2.78. The molecule has 1 unspecified atom stereocenters. The number of nitrogens with zero attached hydrogens (tertiary/aromatic N) is 1. The maximum atomic E-state index is 12.5. The Hall–Kier alpha value is -1.27. The lowest BCUT2D eigenvalue weighted by Gasteiger charge is -2.22. The normalized spacial score (nSPS) is 17.5. The Morgan fingerprint density at radius 1 is 1.48 bits per heavy atom. The van der Waals surface area contributed by atoms with Crippen molar-refractivity contribution in [3.05, 3.63) is 23.8 Å². The zero-order valence-electron chi connectivity index (χ0n) is 12.2. The summed E-state index contributed by atoms with van der Waals surface area (Å²) in [5, 5.41) is 0. The lowest BCUT2D eigenvalue weighted by atomic mass is 9.99. The van der Waals surface area contributed by atoms with Crippen LogP contribution >= 0.6 is 10.7 Å². The number of hydrogen-bond acceptors (Lipinski definition) is 4. The Morgan fingerprint density at radius 3 is 2.71 bits per heavy atom. The van der Waals surface area contributed by atoms with Crippen molar-refractivity contribution in [1.82, 2.24) is 4.90 Å². The van der Waals surface area contributed by atoms with Gasteiger partial charge in [0.1, 0.15) is 18.3 Å². The van der Waals surface area contributed by atoms with Crippen LogP contribution in [-0.2, 0) is 13.8 Å². The second kappa shape index (κ2) is 5.85. The van der Waals surface area contributed by atoms with E-state index in [-0.39, 0.29) is 17.4 Å². The largest absolute Gasteiger partial charge is 0.492 e. The fourth-order valence-corrected chi connectivity index (χ4v) is 3.24. The molecular formula is C14H18ClNO4S. The fourth-order valence-electron chi connectivity index (χ4n) is 2.45. The van der Waals surface area contributed by atoms with Crippen LogP contribution < -0.4 is 4.74 Å². The number of ether oxygens (including phenoxy) is 1. The summed E-state index contributed by atoms with van der Waals surface area (Å²) in [5.74, 6) is 0.333. The quantitative estimate of drug-likeness (QED) is 0.793. The third-order valence-electron chi connectivity index (χ3n) is 3.36. The lowest BCUT2D eigenvalue weighted by molar-refractivity contribution is -0.132. The van der Waals surface area contributed by atoms with E-state index in [1.54, 1.807) is 18.0 Å². The van der Waals surface area contributed by atoms with Gasteiger partial charge in [0.15, 0.2) is 0 Å². The molecule has 0 fully saturated rings. The topological polar surface area (TPSA) is 63.7 Å². The minimum atomic E-state index is -3.82. The van der Waals surface area contributed by atoms with Gasteiger partial charge in [0.25, 0.3) is 9.05 Å². The van der Waals surface area contributed by atoms with Gasteiger partial charge in [-0.2, -0.15) is 0 Å². The lowest BCUT2D eigenvalue weighted by Crippen LogP contribution is -2.35. The number of hydrogen-bond donors (Lipinski definition) is 0. The highest BCUT2D eigenvalue weighted by Gasteiger charge is 2.33. The minimum Gasteiger partial charge on any atom is -0.492 e. The number of carbonyl (C=O) groups excluding carboxylic acids is 1. The Labute approximate surface area is 129 Å². The summed E-state index contributed by atoms with van der Waals surface area (Å²) in [4.78, 5) is 14.1. The molecule has 1 aliphatic heterocycles. The second-order valence-corrected chi connectivity index (χ2v) is 8.18. The fraction of sp³-hybridized carbons (Fsp3) is 0.500. The van der Waals surface area contributed by atoms with Crippen LogP contribution in [0.3, 0.4) is 0 Å². The van der Waals surface area contributed by atoms with Gasteiger partial charge in [0.2, 0.25) is 5.91 Å². The Balaban J connectivity index is 2.30. The van der Waals surface area contributed by atoms with E-state index in [9.17, 15) is 13.2 Å². The van der Waals surface area contributed by atoms with E-state index in [0.29, 0.717) is 23.8 Å². The van der Waals surface area contributed by atoms with Gasteiger partial charge in [-0.15, -0.1) is 0 Å². The van der Waals surface area contributed by atoms with Crippen LogP contribution in [-0.4, -0.2) is 39.4 Å². The standard InChI is InChI=1S/C14H18ClNO4S/c1-9(2)7-16(3)14(17)12-8-20-13-5-4-10(6-11(12)13)21(15,18)19/h4-6,9,12H,7-8H2,1-3H3. The van der Waals surface area contributed by atoms with Gasteiger partial charge in [-0.3, -0.25) is 4.79 Å². The van der Waals surface area contributed by atoms with Crippen LogP contribution in [0.15, 0.2) is 23.1 Å². The smallest absolute Gasteiger partial charge is 0.261 e. The minimum absolute atomic E-state index is 0.0160. The van der Waals surface area contributed by atoms with E-state index in [0.717, 1.165) is 0 Å². The third-order valence-corrected chi connectivity index (χ3v) is 4.71. The molecule has 1 heterocycles. The van der Waals surface area contributed by atoms with Gasteiger partial charge < -0.3 is 9.64 Å². The van der Waals surface area contributed by atoms with Crippen molar-refractivity contribution in [1.29, 1.82) is 0 Å². The Bertz CT molecular complexity index is 657. The van der Waals surface area contributed by atoms with Crippen molar-refractivity contribution in [2.45, 2.75) is 24.7 Å². The summed E-state index contributed by atoms with van der Waals surface area (Å²) in [5.41, 5.74) is 0.581. The van der Waals surface area contributed by atoms with Crippen LogP contribution in [0.4, 0.5) is 0 Å². The highest BCUT2D eigenvalue weighted by molar-refractivity contribution is 8.13. The van der Waals surface area contributed by atoms with Crippen molar-refractivity contribution in [2.75, 3.05) is 20.2 Å². The second-order valence-electron chi connectivity index (χ2n) is 5.61. The van der Waals surface area contributed by atoms with Crippen LogP contribution in [0.2, 0.25) is 0 Å². The highest BCUT2D eigenvalue weighted by atomic mass is 35.7. The molecule has 1 amide bonds. The van der Waals surface area contributed by atoms with Crippen LogP contribution in [0.5, 0.6) is 5.75 Å². The first kappa shape index (κ1) is 16.1. The van der Waals surface area contributed by atoms with Crippen molar-refractivity contribution in [3.8, 4) is 5.75 Å². The van der Waals surface area contributed by atoms with Crippen LogP contribution in [0, 0.1) is 5.92 Å². The summed E-state index contributed by atoms with van der Waals surface area (Å²) in [6, 6.07) is 4.35. The number of fused-ring (bicyclic) bond motifs is 1. The van der Waals surface area contributed by atoms with E-state index in [1.807, 2.05) is 13.8 Å². The maximum Gasteiger partial charge on any atom is 0.261 e. The van der Waals surface area contributed by atoms with Crippen molar-refractivity contribution in [2.24, 2.45) is 5.92 Å². The maximum absolute atomic E-state index is 12.5. The molecule has 7 heteroatoms. The summed E-state index contributed by atoms with van der Waals surface area (Å²) >= 11 is 0. The number of likely N-dealkylation sites (N-methyl/N-ethyl adjacent to an activating group) is 1. The van der Waals surface area contributed by atoms with E-state index >= 15 is 0 Å². The summed E-state index contributed by atoms with van der Waals surface area (Å²) in [6.07, 6.45) is 0. The molecule has 21 heavy (non-hydrogen) atoms. The number of rotatable bonds is 4. The molecule has 0 aliphatic carbocycles. The van der Waals surface area contributed by atoms with Crippen molar-refractivity contribution >= 4 is 25.6 Å². The zero-order chi connectivity index (χ0) is 15.8. The number of benzene rings is 1. The van der Waals surface area contributed by atoms with Crippen LogP contribution in [0.25, 0.3) is 0 Å². The molecule has 0 spiro atoms. The zero-order valence-corrected chi connectivity index (χ0v) is 13.7. The van der Waals surface area contributed by atoms with Gasteiger partial charge in [-0.05, 0) is 24.1 Å². The number of halogens is 1. The van der Waals surface area contributed by atoms with Gasteiger partial charge >= 0.3 is 0 Å². The van der Waals surface area contributed by atoms with E-state index < -0.39 is 15.0 Å². The molecule has 1 atom stereocenters. The van der Waals surface area contributed by atoms with Gasteiger partial charge in [0.05, 0.1) is 4.90 Å². The predicted molar refractivity (Wildman–Crippen MR) is 80.2 cm³/mol. The van der Waals surface area contributed by atoms with E-state index in [4.69, 9.17) is 15.4 Å². The van der Waals surface area contributed by atoms with Crippen LogP contribution in [0.1, 0.15) is 25.3 Å². The molecule has 1 aromatic rings. The number of carbonyl (C=O) groups is 1. The Morgan fingerprint density at radius 2 is 2.14 bits per heavy atom. The van der Waals surface area contributed by atoms with E-state index in [2.05, 4.69) is 0 Å². The number of amides is 1. The molecule has 116 valence electrons. The van der Waals surface area contributed by atoms with Gasteiger partial charge in [0, 0.05) is 29.8 Å². The highest BCUT2D eigenvalue weighted by Crippen LogP contribution is 2.37. The van der Waals surface area contributed by atoms with Gasteiger partial charge in [-0.25, -0.2) is 8.42 Å². The van der Waals surface area contributed by atoms with Crippen molar-refractivity contribution in [3.63, 3.8) is 0 Å². The predicted octanol–water partition coefficient (Wildman–Crippen LogP) is 2.20. The first-order valence-electron chi connectivity index (χ1n) is 6.66. The monoisotopic (exact) mass is 331 g/mol. The SMILES string of the molecule is CC(C)CN(C)C(=O)C1COc2ccc(S(=O)(=O)Cl)cc21. The first-order chi connectivity index (χ1) is 9.70. The summed E-state index contributed by atoms with van der Waals surface area (Å²) in [6.45, 7) is 4.92. The molecule has 0 aromatic heterocycles. The molecule has 1 aliphatic rings. The molecular weight excluding hydrogens is 314 g/mol. The molecule has 1 aromatic carbocycles. The molecule has 0 saturated carbocycles. The van der Waals surface area contributed by atoms with E-state index in [1.165, 1.54) is 12.1 Å². The average molecular weight is 332 g/mol. The molecule has 0 radical (unpaired) electrons. The molecule has 0 saturated heterocycles. The first-order valence-corrected chi connectivity index (χ1v) is 8.97. The summed E-state index contributed by atoms with van der Waals surface area (Å²) in [7, 11) is 3.27. The van der Waals surface area contributed by atoms with Crippen molar-refractivity contribution < 1.29 is 17.9 Å². The third kappa shape index (κ3) is 3.49. The molecule has 2 rings (SSSR count). The molecule has 0 bridgehead atoms. The van der Waals surface area contributed by atoms with Gasteiger partial charge in [-0.1, -0.05) is 13.8 Å². The molecule has 0 N–H and O–H groups in total. The molecule has 5 nitrogen and oxygen atoms in total. The Kier molecular flexibility index (Phi) is 4.49. The summed E-state index contributed by atoms with van der Waals surface area (Å²) < 4.78 is 28.3.